The number of carboxylic acid groups (broad SMARTS) is 1. The van der Waals surface area contributed by atoms with Crippen LogP contribution in [-0.2, 0) is 16.1 Å². The number of amides is 1. The topological polar surface area (TPSA) is 70.8 Å². The Balaban J connectivity index is 1.78. The summed E-state index contributed by atoms with van der Waals surface area (Å²) in [7, 11) is 0. The number of benzene rings is 2. The van der Waals surface area contributed by atoms with Crippen LogP contribution in [0.3, 0.4) is 0 Å². The molecule has 1 amide bonds. The summed E-state index contributed by atoms with van der Waals surface area (Å²) in [4.78, 5) is 25.7. The Morgan fingerprint density at radius 1 is 1.07 bits per heavy atom. The first-order chi connectivity index (χ1) is 13.0. The summed E-state index contributed by atoms with van der Waals surface area (Å²) in [6.07, 6.45) is 0.457. The van der Waals surface area contributed by atoms with Crippen molar-refractivity contribution >= 4 is 22.8 Å². The van der Waals surface area contributed by atoms with Gasteiger partial charge in [0.1, 0.15) is 11.3 Å². The van der Waals surface area contributed by atoms with Crippen LogP contribution >= 0.6 is 0 Å². The van der Waals surface area contributed by atoms with Crippen LogP contribution in [0, 0.1) is 0 Å². The first-order valence-electron chi connectivity index (χ1n) is 9.07. The first-order valence-corrected chi connectivity index (χ1v) is 9.07. The molecule has 0 aliphatic heterocycles. The van der Waals surface area contributed by atoms with E-state index < -0.39 is 11.9 Å². The molecule has 140 valence electrons. The lowest BCUT2D eigenvalue weighted by Crippen LogP contribution is -2.34. The Bertz CT molecular complexity index is 883. The van der Waals surface area contributed by atoms with Crippen molar-refractivity contribution in [3.05, 3.63) is 72.0 Å². The van der Waals surface area contributed by atoms with Gasteiger partial charge >= 0.3 is 5.97 Å². The van der Waals surface area contributed by atoms with Gasteiger partial charge in [-0.2, -0.15) is 0 Å². The molecule has 5 nitrogen and oxygen atoms in total. The van der Waals surface area contributed by atoms with Gasteiger partial charge in [-0.1, -0.05) is 48.5 Å². The summed E-state index contributed by atoms with van der Waals surface area (Å²) in [6, 6.07) is 19.3. The molecule has 0 aliphatic rings. The normalized spacial score (nSPS) is 12.0. The number of hydrogen-bond donors (Lipinski definition) is 1. The molecule has 5 heteroatoms. The van der Waals surface area contributed by atoms with Crippen LogP contribution in [0.1, 0.15) is 37.0 Å². The monoisotopic (exact) mass is 365 g/mol. The fourth-order valence-electron chi connectivity index (χ4n) is 3.10. The molecule has 0 saturated heterocycles. The first kappa shape index (κ1) is 18.7. The Labute approximate surface area is 158 Å². The highest BCUT2D eigenvalue weighted by molar-refractivity contribution is 5.85. The Morgan fingerprint density at radius 3 is 2.48 bits per heavy atom. The number of rotatable bonds is 8. The van der Waals surface area contributed by atoms with E-state index in [1.54, 1.807) is 4.90 Å². The number of nitrogens with zero attached hydrogens (tertiary/aromatic N) is 1. The minimum Gasteiger partial charge on any atom is -0.481 e. The third-order valence-electron chi connectivity index (χ3n) is 4.59. The summed E-state index contributed by atoms with van der Waals surface area (Å²) in [5, 5.41) is 9.87. The van der Waals surface area contributed by atoms with E-state index in [1.807, 2.05) is 67.6 Å². The maximum atomic E-state index is 13.1. The maximum Gasteiger partial charge on any atom is 0.303 e. The van der Waals surface area contributed by atoms with Crippen molar-refractivity contribution in [1.82, 2.24) is 4.90 Å². The second kappa shape index (κ2) is 8.54. The molecule has 1 atom stereocenters. The zero-order valence-electron chi connectivity index (χ0n) is 15.3. The summed E-state index contributed by atoms with van der Waals surface area (Å²) in [5.74, 6) is -0.737. The van der Waals surface area contributed by atoms with E-state index in [0.29, 0.717) is 25.3 Å². The number of carbonyl (C=O) groups excluding carboxylic acids is 1. The zero-order chi connectivity index (χ0) is 19.2. The predicted molar refractivity (Wildman–Crippen MR) is 103 cm³/mol. The number of hydrogen-bond acceptors (Lipinski definition) is 3. The van der Waals surface area contributed by atoms with E-state index in [9.17, 15) is 9.59 Å². The van der Waals surface area contributed by atoms with Gasteiger partial charge in [0.25, 0.3) is 0 Å². The van der Waals surface area contributed by atoms with Crippen molar-refractivity contribution in [1.29, 1.82) is 0 Å². The van der Waals surface area contributed by atoms with E-state index in [4.69, 9.17) is 9.52 Å². The van der Waals surface area contributed by atoms with Gasteiger partial charge < -0.3 is 14.4 Å². The summed E-state index contributed by atoms with van der Waals surface area (Å²) in [6.45, 7) is 2.67. The molecular formula is C22H23NO4. The number of aliphatic carboxylic acids is 1. The van der Waals surface area contributed by atoms with Gasteiger partial charge in [-0.25, -0.2) is 0 Å². The van der Waals surface area contributed by atoms with Gasteiger partial charge in [0, 0.05) is 24.9 Å². The summed E-state index contributed by atoms with van der Waals surface area (Å²) >= 11 is 0. The molecule has 1 unspecified atom stereocenters. The van der Waals surface area contributed by atoms with Crippen LogP contribution in [0.15, 0.2) is 65.1 Å². The van der Waals surface area contributed by atoms with Crippen LogP contribution in [0.2, 0.25) is 0 Å². The van der Waals surface area contributed by atoms with E-state index >= 15 is 0 Å². The van der Waals surface area contributed by atoms with Crippen molar-refractivity contribution in [2.75, 3.05) is 6.54 Å². The SMILES string of the molecule is CC(C(=O)N(CCCC(=O)O)Cc1ccccc1)c1cc2ccccc2o1. The molecule has 0 aliphatic carbocycles. The van der Waals surface area contributed by atoms with Crippen LogP contribution in [0.25, 0.3) is 11.0 Å². The van der Waals surface area contributed by atoms with Crippen molar-refractivity contribution in [3.8, 4) is 0 Å². The van der Waals surface area contributed by atoms with E-state index in [1.165, 1.54) is 0 Å². The average Bonchev–Trinajstić information content (AvgIpc) is 3.11. The Morgan fingerprint density at radius 2 is 1.78 bits per heavy atom. The molecule has 27 heavy (non-hydrogen) atoms. The van der Waals surface area contributed by atoms with Crippen molar-refractivity contribution < 1.29 is 19.1 Å². The molecule has 3 aromatic rings. The van der Waals surface area contributed by atoms with Gasteiger partial charge in [0.2, 0.25) is 5.91 Å². The van der Waals surface area contributed by atoms with E-state index in [-0.39, 0.29) is 12.3 Å². The Hall–Kier alpha value is -3.08. The van der Waals surface area contributed by atoms with Gasteiger partial charge in [0.15, 0.2) is 0 Å². The van der Waals surface area contributed by atoms with Crippen LogP contribution in [0.5, 0.6) is 0 Å². The summed E-state index contributed by atoms with van der Waals surface area (Å²) in [5.41, 5.74) is 1.77. The molecule has 0 spiro atoms. The standard InChI is InChI=1S/C22H23NO4/c1-16(20-14-18-10-5-6-11-19(18)27-20)22(26)23(13-7-12-21(24)25)15-17-8-3-2-4-9-17/h2-6,8-11,14,16H,7,12-13,15H2,1H3,(H,24,25). The molecular weight excluding hydrogens is 342 g/mol. The largest absolute Gasteiger partial charge is 0.481 e. The van der Waals surface area contributed by atoms with Crippen LogP contribution in [0.4, 0.5) is 0 Å². The van der Waals surface area contributed by atoms with Gasteiger partial charge in [-0.05, 0) is 31.0 Å². The van der Waals surface area contributed by atoms with Crippen LogP contribution < -0.4 is 0 Å². The van der Waals surface area contributed by atoms with E-state index in [2.05, 4.69) is 0 Å². The maximum absolute atomic E-state index is 13.1. The van der Waals surface area contributed by atoms with Crippen molar-refractivity contribution in [2.45, 2.75) is 32.2 Å². The highest BCUT2D eigenvalue weighted by Crippen LogP contribution is 2.27. The third-order valence-corrected chi connectivity index (χ3v) is 4.59. The van der Waals surface area contributed by atoms with Crippen LogP contribution in [-0.4, -0.2) is 28.4 Å². The van der Waals surface area contributed by atoms with Gasteiger partial charge in [-0.15, -0.1) is 0 Å². The smallest absolute Gasteiger partial charge is 0.303 e. The second-order valence-electron chi connectivity index (χ2n) is 6.65. The minimum atomic E-state index is -0.854. The number of para-hydroxylation sites is 1. The molecule has 0 fully saturated rings. The fraction of sp³-hybridized carbons (Fsp3) is 0.273. The highest BCUT2D eigenvalue weighted by Gasteiger charge is 2.25. The number of carbonyl (C=O) groups is 2. The molecule has 0 saturated carbocycles. The molecule has 2 aromatic carbocycles. The van der Waals surface area contributed by atoms with Crippen molar-refractivity contribution in [2.24, 2.45) is 0 Å². The van der Waals surface area contributed by atoms with Crippen molar-refractivity contribution in [3.63, 3.8) is 0 Å². The Kier molecular flexibility index (Phi) is 5.91. The quantitative estimate of drug-likeness (QED) is 0.641. The average molecular weight is 365 g/mol. The second-order valence-corrected chi connectivity index (χ2v) is 6.65. The lowest BCUT2D eigenvalue weighted by molar-refractivity contribution is -0.138. The molecule has 1 N–H and O–H groups in total. The third kappa shape index (κ3) is 4.76. The van der Waals surface area contributed by atoms with Gasteiger partial charge in [0.05, 0.1) is 5.92 Å². The molecule has 3 rings (SSSR count). The van der Waals surface area contributed by atoms with Gasteiger partial charge in [-0.3, -0.25) is 9.59 Å². The lowest BCUT2D eigenvalue weighted by atomic mass is 10.1. The van der Waals surface area contributed by atoms with E-state index in [0.717, 1.165) is 16.5 Å². The summed E-state index contributed by atoms with van der Waals surface area (Å²) < 4.78 is 5.85. The minimum absolute atomic E-state index is 0.0393. The fourth-order valence-corrected chi connectivity index (χ4v) is 3.10. The lowest BCUT2D eigenvalue weighted by Gasteiger charge is -2.25. The number of furan rings is 1. The molecule has 0 radical (unpaired) electrons. The molecule has 1 aromatic heterocycles. The highest BCUT2D eigenvalue weighted by atomic mass is 16.4. The zero-order valence-corrected chi connectivity index (χ0v) is 15.3. The molecule has 0 bridgehead atoms. The predicted octanol–water partition coefficient (Wildman–Crippen LogP) is 4.43. The number of fused-ring (bicyclic) bond motifs is 1. The molecule has 1 heterocycles. The number of carboxylic acids is 1.